The SMILES string of the molecule is C[C@]12CC[C@](C)(O1)[C@@H]1C(=O)N(c3ccc(C#N)c4ccccc34)C(=O)[C@@H]12. The summed E-state index contributed by atoms with van der Waals surface area (Å²) in [6.07, 6.45) is 1.59. The van der Waals surface area contributed by atoms with E-state index in [-0.39, 0.29) is 11.8 Å². The Morgan fingerprint density at radius 2 is 1.58 bits per heavy atom. The predicted octanol–water partition coefficient (Wildman–Crippen LogP) is 3.16. The van der Waals surface area contributed by atoms with E-state index < -0.39 is 23.0 Å². The second kappa shape index (κ2) is 4.72. The third kappa shape index (κ3) is 1.68. The van der Waals surface area contributed by atoms with E-state index in [1.54, 1.807) is 12.1 Å². The van der Waals surface area contributed by atoms with Crippen LogP contribution in [-0.2, 0) is 14.3 Å². The fourth-order valence-electron chi connectivity index (χ4n) is 5.28. The maximum Gasteiger partial charge on any atom is 0.240 e. The fraction of sp³-hybridized carbons (Fsp3) is 0.381. The average molecular weight is 346 g/mol. The van der Waals surface area contributed by atoms with E-state index in [9.17, 15) is 14.9 Å². The topological polar surface area (TPSA) is 70.4 Å². The zero-order chi connectivity index (χ0) is 18.3. The number of nitriles is 1. The van der Waals surface area contributed by atoms with Crippen LogP contribution in [0.2, 0.25) is 0 Å². The van der Waals surface area contributed by atoms with Crippen molar-refractivity contribution >= 4 is 28.3 Å². The van der Waals surface area contributed by atoms with Gasteiger partial charge in [0.2, 0.25) is 11.8 Å². The third-order valence-corrected chi connectivity index (χ3v) is 6.47. The first-order valence-corrected chi connectivity index (χ1v) is 8.89. The van der Waals surface area contributed by atoms with Gasteiger partial charge >= 0.3 is 0 Å². The summed E-state index contributed by atoms with van der Waals surface area (Å²) in [5, 5.41) is 10.9. The maximum absolute atomic E-state index is 13.3. The van der Waals surface area contributed by atoms with Crippen LogP contribution in [0.3, 0.4) is 0 Å². The maximum atomic E-state index is 13.3. The summed E-state index contributed by atoms with van der Waals surface area (Å²) in [5.41, 5.74) is -0.0337. The highest BCUT2D eigenvalue weighted by Gasteiger charge is 2.72. The molecule has 0 radical (unpaired) electrons. The van der Waals surface area contributed by atoms with Crippen LogP contribution in [0.25, 0.3) is 10.8 Å². The fourth-order valence-corrected chi connectivity index (χ4v) is 5.28. The number of nitrogens with zero attached hydrogens (tertiary/aromatic N) is 2. The van der Waals surface area contributed by atoms with Crippen LogP contribution in [0.4, 0.5) is 5.69 Å². The third-order valence-electron chi connectivity index (χ3n) is 6.47. The molecule has 3 aliphatic heterocycles. The van der Waals surface area contributed by atoms with Crippen molar-refractivity contribution in [2.24, 2.45) is 11.8 Å². The van der Waals surface area contributed by atoms with E-state index in [0.717, 1.165) is 23.6 Å². The molecule has 0 unspecified atom stereocenters. The van der Waals surface area contributed by atoms with Gasteiger partial charge in [0.15, 0.2) is 0 Å². The number of anilines is 1. The number of amides is 2. The van der Waals surface area contributed by atoms with Gasteiger partial charge in [-0.2, -0.15) is 5.26 Å². The van der Waals surface area contributed by atoms with Gasteiger partial charge in [-0.25, -0.2) is 4.90 Å². The Morgan fingerprint density at radius 1 is 1.00 bits per heavy atom. The van der Waals surface area contributed by atoms with Gasteiger partial charge in [-0.15, -0.1) is 0 Å². The summed E-state index contributed by atoms with van der Waals surface area (Å²) in [4.78, 5) is 27.9. The zero-order valence-electron chi connectivity index (χ0n) is 14.7. The summed E-state index contributed by atoms with van der Waals surface area (Å²) < 4.78 is 6.15. The molecule has 0 spiro atoms. The van der Waals surface area contributed by atoms with Gasteiger partial charge in [0.05, 0.1) is 40.4 Å². The molecule has 0 saturated carbocycles. The first-order chi connectivity index (χ1) is 12.4. The molecule has 0 N–H and O–H groups in total. The van der Waals surface area contributed by atoms with E-state index in [4.69, 9.17) is 4.74 Å². The molecule has 26 heavy (non-hydrogen) atoms. The number of ether oxygens (including phenoxy) is 1. The molecule has 2 amide bonds. The first-order valence-electron chi connectivity index (χ1n) is 8.89. The van der Waals surface area contributed by atoms with E-state index in [0.29, 0.717) is 11.3 Å². The Bertz CT molecular complexity index is 1010. The molecule has 5 nitrogen and oxygen atoms in total. The quantitative estimate of drug-likeness (QED) is 0.744. The van der Waals surface area contributed by atoms with Crippen molar-refractivity contribution in [1.29, 1.82) is 5.26 Å². The van der Waals surface area contributed by atoms with E-state index in [1.165, 1.54) is 4.90 Å². The number of rotatable bonds is 1. The molecule has 0 aliphatic carbocycles. The first kappa shape index (κ1) is 15.5. The number of imide groups is 1. The van der Waals surface area contributed by atoms with E-state index in [1.807, 2.05) is 38.1 Å². The number of carbonyl (C=O) groups excluding carboxylic acids is 2. The molecule has 130 valence electrons. The largest absolute Gasteiger partial charge is 0.367 e. The summed E-state index contributed by atoms with van der Waals surface area (Å²) in [5.74, 6) is -1.21. The highest BCUT2D eigenvalue weighted by molar-refractivity contribution is 6.26. The molecule has 2 bridgehead atoms. The van der Waals surface area contributed by atoms with Crippen LogP contribution >= 0.6 is 0 Å². The molecule has 5 heteroatoms. The lowest BCUT2D eigenvalue weighted by Gasteiger charge is -2.27. The summed E-state index contributed by atoms with van der Waals surface area (Å²) in [7, 11) is 0. The van der Waals surface area contributed by atoms with Crippen molar-refractivity contribution in [3.8, 4) is 6.07 Å². The number of fused-ring (bicyclic) bond motifs is 6. The lowest BCUT2D eigenvalue weighted by molar-refractivity contribution is -0.129. The van der Waals surface area contributed by atoms with Crippen molar-refractivity contribution < 1.29 is 14.3 Å². The second-order valence-electron chi connectivity index (χ2n) is 7.98. The van der Waals surface area contributed by atoms with Crippen LogP contribution in [-0.4, -0.2) is 23.0 Å². The summed E-state index contributed by atoms with van der Waals surface area (Å²) in [6, 6.07) is 13.0. The molecular weight excluding hydrogens is 328 g/mol. The summed E-state index contributed by atoms with van der Waals surface area (Å²) in [6.45, 7) is 3.91. The van der Waals surface area contributed by atoms with Gasteiger partial charge in [-0.3, -0.25) is 9.59 Å². The minimum absolute atomic E-state index is 0.180. The van der Waals surface area contributed by atoms with Gasteiger partial charge in [0, 0.05) is 10.8 Å². The van der Waals surface area contributed by atoms with E-state index >= 15 is 0 Å². The zero-order valence-corrected chi connectivity index (χ0v) is 14.7. The van der Waals surface area contributed by atoms with Crippen molar-refractivity contribution in [1.82, 2.24) is 0 Å². The van der Waals surface area contributed by atoms with Crippen molar-refractivity contribution in [2.75, 3.05) is 4.90 Å². The molecule has 2 aromatic rings. The number of hydrogen-bond acceptors (Lipinski definition) is 4. The van der Waals surface area contributed by atoms with Crippen molar-refractivity contribution in [2.45, 2.75) is 37.9 Å². The highest BCUT2D eigenvalue weighted by Crippen LogP contribution is 2.61. The van der Waals surface area contributed by atoms with Crippen LogP contribution in [0.15, 0.2) is 36.4 Å². The second-order valence-corrected chi connectivity index (χ2v) is 7.98. The minimum Gasteiger partial charge on any atom is -0.367 e. The van der Waals surface area contributed by atoms with Gasteiger partial charge in [0.1, 0.15) is 0 Å². The molecule has 3 aliphatic rings. The molecule has 3 fully saturated rings. The number of carbonyl (C=O) groups is 2. The van der Waals surface area contributed by atoms with Crippen molar-refractivity contribution in [3.63, 3.8) is 0 Å². The van der Waals surface area contributed by atoms with Gasteiger partial charge in [-0.05, 0) is 38.8 Å². The molecule has 0 aromatic heterocycles. The Labute approximate surface area is 151 Å². The molecule has 3 saturated heterocycles. The standard InChI is InChI=1S/C21H18N2O3/c1-20-9-10-21(2,26-20)17-16(20)18(24)23(19(17)25)15-8-7-12(11-22)13-5-3-4-6-14(13)15/h3-8,16-17H,9-10H2,1-2H3/t16-,17+,20-,21+. The molecule has 2 aromatic carbocycles. The van der Waals surface area contributed by atoms with Crippen molar-refractivity contribution in [3.05, 3.63) is 42.0 Å². The van der Waals surface area contributed by atoms with Crippen LogP contribution < -0.4 is 4.90 Å². The van der Waals surface area contributed by atoms with Crippen LogP contribution in [0.5, 0.6) is 0 Å². The molecule has 5 rings (SSSR count). The van der Waals surface area contributed by atoms with Gasteiger partial charge < -0.3 is 4.74 Å². The van der Waals surface area contributed by atoms with Gasteiger partial charge in [0.25, 0.3) is 0 Å². The van der Waals surface area contributed by atoms with E-state index in [2.05, 4.69) is 6.07 Å². The minimum atomic E-state index is -0.566. The molecule has 4 atom stereocenters. The molecular formula is C21H18N2O3. The lowest BCUT2D eigenvalue weighted by Crippen LogP contribution is -2.40. The average Bonchev–Trinajstić information content (AvgIpc) is 3.18. The van der Waals surface area contributed by atoms with Crippen LogP contribution in [0, 0.1) is 23.2 Å². The Morgan fingerprint density at radius 3 is 2.15 bits per heavy atom. The number of hydrogen-bond donors (Lipinski definition) is 0. The summed E-state index contributed by atoms with van der Waals surface area (Å²) >= 11 is 0. The Hall–Kier alpha value is -2.71. The Balaban J connectivity index is 1.70. The monoisotopic (exact) mass is 346 g/mol. The highest BCUT2D eigenvalue weighted by atomic mass is 16.5. The van der Waals surface area contributed by atoms with Gasteiger partial charge in [-0.1, -0.05) is 24.3 Å². The number of benzene rings is 2. The predicted molar refractivity (Wildman–Crippen MR) is 95.3 cm³/mol. The Kier molecular flexibility index (Phi) is 2.82. The molecule has 3 heterocycles. The normalized spacial score (nSPS) is 35.2. The van der Waals surface area contributed by atoms with Crippen LogP contribution in [0.1, 0.15) is 32.3 Å². The smallest absolute Gasteiger partial charge is 0.240 e. The lowest BCUT2D eigenvalue weighted by atomic mass is 9.69.